The second-order valence-electron chi connectivity index (χ2n) is 5.96. The van der Waals surface area contributed by atoms with E-state index in [-0.39, 0.29) is 11.5 Å². The first-order valence-electron chi connectivity index (χ1n) is 6.70. The van der Waals surface area contributed by atoms with Gasteiger partial charge < -0.3 is 10.4 Å². The molecule has 19 heavy (non-hydrogen) atoms. The highest BCUT2D eigenvalue weighted by Crippen LogP contribution is 2.16. The first-order chi connectivity index (χ1) is 8.96. The van der Waals surface area contributed by atoms with Crippen molar-refractivity contribution < 1.29 is 9.90 Å². The zero-order valence-electron chi connectivity index (χ0n) is 11.6. The van der Waals surface area contributed by atoms with E-state index in [2.05, 4.69) is 36.2 Å². The summed E-state index contributed by atoms with van der Waals surface area (Å²) < 4.78 is 0. The topological polar surface area (TPSA) is 52.6 Å². The molecule has 1 saturated heterocycles. The molecule has 1 aliphatic heterocycles. The first kappa shape index (κ1) is 14.0. The minimum absolute atomic E-state index is 0.0566. The molecule has 1 aliphatic rings. The van der Waals surface area contributed by atoms with E-state index in [1.54, 1.807) is 0 Å². The van der Waals surface area contributed by atoms with Crippen LogP contribution in [-0.4, -0.2) is 41.1 Å². The lowest BCUT2D eigenvalue weighted by Crippen LogP contribution is -2.46. The molecule has 0 aliphatic carbocycles. The summed E-state index contributed by atoms with van der Waals surface area (Å²) in [5.74, 6) is -1.06. The van der Waals surface area contributed by atoms with Gasteiger partial charge in [0, 0.05) is 31.7 Å². The van der Waals surface area contributed by atoms with Crippen molar-refractivity contribution in [2.75, 3.05) is 19.6 Å². The summed E-state index contributed by atoms with van der Waals surface area (Å²) in [6, 6.07) is 10.2. The largest absolute Gasteiger partial charge is 0.481 e. The van der Waals surface area contributed by atoms with Crippen molar-refractivity contribution in [1.29, 1.82) is 0 Å². The molecular weight excluding hydrogens is 240 g/mol. The Kier molecular flexibility index (Phi) is 4.22. The highest BCUT2D eigenvalue weighted by atomic mass is 16.4. The highest BCUT2D eigenvalue weighted by Gasteiger charge is 2.31. The molecule has 0 bridgehead atoms. The second-order valence-corrected chi connectivity index (χ2v) is 5.96. The number of benzene rings is 1. The Labute approximate surface area is 114 Å². The first-order valence-corrected chi connectivity index (χ1v) is 6.70. The Morgan fingerprint density at radius 3 is 2.74 bits per heavy atom. The normalized spacial score (nSPS) is 23.8. The quantitative estimate of drug-likeness (QED) is 0.868. The molecule has 1 fully saturated rings. The number of rotatable bonds is 3. The van der Waals surface area contributed by atoms with E-state index in [1.807, 2.05) is 18.2 Å². The molecule has 0 amide bonds. The maximum atomic E-state index is 11.2. The summed E-state index contributed by atoms with van der Waals surface area (Å²) in [5, 5.41) is 12.6. The van der Waals surface area contributed by atoms with Crippen LogP contribution in [0.2, 0.25) is 0 Å². The molecule has 0 radical (unpaired) electrons. The third-order valence-electron chi connectivity index (χ3n) is 3.52. The van der Waals surface area contributed by atoms with Crippen LogP contribution in [0.15, 0.2) is 30.3 Å². The van der Waals surface area contributed by atoms with E-state index in [0.717, 1.165) is 13.1 Å². The summed E-state index contributed by atoms with van der Waals surface area (Å²) >= 11 is 0. The van der Waals surface area contributed by atoms with Crippen LogP contribution in [0, 0.1) is 5.92 Å². The van der Waals surface area contributed by atoms with Crippen LogP contribution in [0.5, 0.6) is 0 Å². The fraction of sp³-hybridized carbons (Fsp3) is 0.533. The van der Waals surface area contributed by atoms with Crippen LogP contribution in [0.25, 0.3) is 0 Å². The third-order valence-corrected chi connectivity index (χ3v) is 3.52. The van der Waals surface area contributed by atoms with Gasteiger partial charge in [-0.05, 0) is 19.4 Å². The molecule has 4 nitrogen and oxygen atoms in total. The Bertz CT molecular complexity index is 431. The number of hydrogen-bond donors (Lipinski definition) is 2. The van der Waals surface area contributed by atoms with Crippen LogP contribution in [0.4, 0.5) is 0 Å². The molecule has 0 spiro atoms. The van der Waals surface area contributed by atoms with Gasteiger partial charge in [0.15, 0.2) is 0 Å². The van der Waals surface area contributed by atoms with Gasteiger partial charge in [0.25, 0.3) is 0 Å². The predicted molar refractivity (Wildman–Crippen MR) is 74.9 cm³/mol. The van der Waals surface area contributed by atoms with Gasteiger partial charge in [-0.3, -0.25) is 9.69 Å². The molecule has 1 heterocycles. The number of hydrogen-bond acceptors (Lipinski definition) is 3. The van der Waals surface area contributed by atoms with Gasteiger partial charge in [0.2, 0.25) is 0 Å². The van der Waals surface area contributed by atoms with E-state index < -0.39 is 5.97 Å². The third kappa shape index (κ3) is 4.04. The molecule has 2 rings (SSSR count). The lowest BCUT2D eigenvalue weighted by molar-refractivity contribution is -0.142. The zero-order chi connectivity index (χ0) is 13.9. The van der Waals surface area contributed by atoms with Gasteiger partial charge in [0.1, 0.15) is 0 Å². The van der Waals surface area contributed by atoms with Crippen LogP contribution in [0.3, 0.4) is 0 Å². The van der Waals surface area contributed by atoms with Gasteiger partial charge in [-0.25, -0.2) is 0 Å². The lowest BCUT2D eigenvalue weighted by atomic mass is 10.1. The molecule has 1 aromatic rings. The number of nitrogens with one attached hydrogen (secondary N) is 1. The van der Waals surface area contributed by atoms with E-state index in [9.17, 15) is 9.90 Å². The summed E-state index contributed by atoms with van der Waals surface area (Å²) in [7, 11) is 0. The number of carboxylic acid groups (broad SMARTS) is 1. The monoisotopic (exact) mass is 262 g/mol. The smallest absolute Gasteiger partial charge is 0.309 e. The van der Waals surface area contributed by atoms with Gasteiger partial charge >= 0.3 is 5.97 Å². The summed E-state index contributed by atoms with van der Waals surface area (Å²) in [6.07, 6.45) is 0. The molecule has 2 N–H and O–H groups in total. The van der Waals surface area contributed by atoms with E-state index in [0.29, 0.717) is 13.1 Å². The van der Waals surface area contributed by atoms with Crippen molar-refractivity contribution in [3.8, 4) is 0 Å². The number of aliphatic carboxylic acids is 1. The van der Waals surface area contributed by atoms with Crippen LogP contribution in [0.1, 0.15) is 19.4 Å². The molecule has 0 saturated carbocycles. The van der Waals surface area contributed by atoms with Crippen LogP contribution in [-0.2, 0) is 11.3 Å². The van der Waals surface area contributed by atoms with Crippen molar-refractivity contribution >= 4 is 5.97 Å². The fourth-order valence-electron chi connectivity index (χ4n) is 2.58. The maximum Gasteiger partial charge on any atom is 0.309 e. The SMILES string of the molecule is CC1(C)CN(Cc2ccccc2)CC(C(=O)O)CN1. The Morgan fingerprint density at radius 1 is 1.42 bits per heavy atom. The number of nitrogens with zero attached hydrogens (tertiary/aromatic N) is 1. The Morgan fingerprint density at radius 2 is 2.11 bits per heavy atom. The molecular formula is C15H22N2O2. The summed E-state index contributed by atoms with van der Waals surface area (Å²) in [4.78, 5) is 13.5. The zero-order valence-corrected chi connectivity index (χ0v) is 11.6. The standard InChI is InChI=1S/C15H22N2O2/c1-15(2)11-17(9-12-6-4-3-5-7-12)10-13(8-16-15)14(18)19/h3-7,13,16H,8-11H2,1-2H3,(H,18,19). The van der Waals surface area contributed by atoms with Gasteiger partial charge in [-0.1, -0.05) is 30.3 Å². The van der Waals surface area contributed by atoms with E-state index >= 15 is 0 Å². The Balaban J connectivity index is 2.10. The molecule has 1 unspecified atom stereocenters. The number of carbonyl (C=O) groups is 1. The minimum atomic E-state index is -0.719. The predicted octanol–water partition coefficient (Wildman–Crippen LogP) is 1.57. The van der Waals surface area contributed by atoms with Crippen molar-refractivity contribution in [3.63, 3.8) is 0 Å². The second kappa shape index (κ2) is 5.72. The molecule has 104 valence electrons. The Hall–Kier alpha value is -1.39. The number of carboxylic acids is 1. The molecule has 1 aromatic carbocycles. The van der Waals surface area contributed by atoms with E-state index in [4.69, 9.17) is 0 Å². The minimum Gasteiger partial charge on any atom is -0.481 e. The van der Waals surface area contributed by atoms with Crippen molar-refractivity contribution in [3.05, 3.63) is 35.9 Å². The van der Waals surface area contributed by atoms with Crippen molar-refractivity contribution in [1.82, 2.24) is 10.2 Å². The van der Waals surface area contributed by atoms with Crippen LogP contribution >= 0.6 is 0 Å². The average Bonchev–Trinajstić information content (AvgIpc) is 2.49. The molecule has 4 heteroatoms. The molecule has 0 aromatic heterocycles. The maximum absolute atomic E-state index is 11.2. The molecule has 1 atom stereocenters. The van der Waals surface area contributed by atoms with Gasteiger partial charge in [0.05, 0.1) is 5.92 Å². The van der Waals surface area contributed by atoms with Crippen LogP contribution < -0.4 is 5.32 Å². The summed E-state index contributed by atoms with van der Waals surface area (Å²) in [5.41, 5.74) is 1.17. The summed E-state index contributed by atoms with van der Waals surface area (Å²) in [6.45, 7) is 7.03. The highest BCUT2D eigenvalue weighted by molar-refractivity contribution is 5.70. The van der Waals surface area contributed by atoms with E-state index in [1.165, 1.54) is 5.56 Å². The lowest BCUT2D eigenvalue weighted by Gasteiger charge is -2.30. The van der Waals surface area contributed by atoms with Gasteiger partial charge in [-0.15, -0.1) is 0 Å². The van der Waals surface area contributed by atoms with Gasteiger partial charge in [-0.2, -0.15) is 0 Å². The fourth-order valence-corrected chi connectivity index (χ4v) is 2.58. The average molecular weight is 262 g/mol. The van der Waals surface area contributed by atoms with Crippen molar-refractivity contribution in [2.45, 2.75) is 25.9 Å². The van der Waals surface area contributed by atoms with Crippen molar-refractivity contribution in [2.24, 2.45) is 5.92 Å².